The first kappa shape index (κ1) is 16.1. The number of carbonyl (C=O) groups is 1. The molecule has 1 heterocycles. The van der Waals surface area contributed by atoms with Crippen LogP contribution in [0.4, 0.5) is 0 Å². The van der Waals surface area contributed by atoms with E-state index in [1.165, 1.54) is 25.3 Å². The number of ether oxygens (including phenoxy) is 1. The Hall–Kier alpha value is -2.74. The van der Waals surface area contributed by atoms with Gasteiger partial charge in [0.05, 0.1) is 0 Å². The van der Waals surface area contributed by atoms with Gasteiger partial charge in [-0.15, -0.1) is 6.42 Å². The fourth-order valence-corrected chi connectivity index (χ4v) is 3.23. The minimum absolute atomic E-state index is 0.0905. The van der Waals surface area contributed by atoms with Crippen molar-refractivity contribution in [1.29, 1.82) is 0 Å². The molecule has 124 valence electrons. The molecule has 0 amide bonds. The fraction of sp³-hybridized carbons (Fsp3) is 0.368. The van der Waals surface area contributed by atoms with Crippen molar-refractivity contribution in [1.82, 2.24) is 5.16 Å². The summed E-state index contributed by atoms with van der Waals surface area (Å²) in [5.74, 6) is 2.95. The third kappa shape index (κ3) is 3.43. The first-order chi connectivity index (χ1) is 11.7. The molecule has 0 aliphatic heterocycles. The van der Waals surface area contributed by atoms with Gasteiger partial charge in [0.1, 0.15) is 12.4 Å². The molecule has 2 aromatic rings. The van der Waals surface area contributed by atoms with Crippen LogP contribution in [0.15, 0.2) is 28.8 Å². The zero-order chi connectivity index (χ0) is 16.9. The first-order valence-corrected chi connectivity index (χ1v) is 8.09. The highest BCUT2D eigenvalue weighted by Crippen LogP contribution is 2.40. The van der Waals surface area contributed by atoms with Crippen molar-refractivity contribution in [2.45, 2.75) is 38.0 Å². The van der Waals surface area contributed by atoms with Gasteiger partial charge < -0.3 is 14.4 Å². The number of aromatic nitrogens is 1. The SMILES string of the molecule is C#CCOc1ccc(-c2cc(C(=O)O)no2)c(C2CCCCC2)c1. The van der Waals surface area contributed by atoms with Crippen molar-refractivity contribution in [2.24, 2.45) is 0 Å². The highest BCUT2D eigenvalue weighted by atomic mass is 16.5. The van der Waals surface area contributed by atoms with Crippen molar-refractivity contribution in [3.63, 3.8) is 0 Å². The molecule has 5 nitrogen and oxygen atoms in total. The molecule has 1 aliphatic rings. The number of benzene rings is 1. The zero-order valence-corrected chi connectivity index (χ0v) is 13.3. The van der Waals surface area contributed by atoms with Crippen molar-refractivity contribution >= 4 is 5.97 Å². The van der Waals surface area contributed by atoms with Crippen LogP contribution in [-0.4, -0.2) is 22.8 Å². The molecule has 1 N–H and O–H groups in total. The van der Waals surface area contributed by atoms with Gasteiger partial charge in [-0.1, -0.05) is 30.3 Å². The topological polar surface area (TPSA) is 72.6 Å². The van der Waals surface area contributed by atoms with E-state index in [0.29, 0.717) is 11.7 Å². The molecule has 1 aliphatic carbocycles. The van der Waals surface area contributed by atoms with Gasteiger partial charge in [-0.05, 0) is 42.5 Å². The molecule has 24 heavy (non-hydrogen) atoms. The third-order valence-corrected chi connectivity index (χ3v) is 4.38. The minimum Gasteiger partial charge on any atom is -0.481 e. The number of hydrogen-bond acceptors (Lipinski definition) is 4. The molecule has 1 saturated carbocycles. The maximum atomic E-state index is 11.0. The second-order valence-electron chi connectivity index (χ2n) is 5.96. The lowest BCUT2D eigenvalue weighted by Crippen LogP contribution is -2.06. The Balaban J connectivity index is 1.99. The highest BCUT2D eigenvalue weighted by Gasteiger charge is 2.22. The Bertz CT molecular complexity index is 766. The monoisotopic (exact) mass is 325 g/mol. The summed E-state index contributed by atoms with van der Waals surface area (Å²) in [5, 5.41) is 12.7. The van der Waals surface area contributed by atoms with E-state index in [0.717, 1.165) is 29.7 Å². The zero-order valence-electron chi connectivity index (χ0n) is 13.3. The quantitative estimate of drug-likeness (QED) is 0.838. The summed E-state index contributed by atoms with van der Waals surface area (Å²) in [4.78, 5) is 11.0. The number of hydrogen-bond donors (Lipinski definition) is 1. The lowest BCUT2D eigenvalue weighted by atomic mass is 9.81. The molecule has 0 atom stereocenters. The predicted octanol–water partition coefficient (Wildman–Crippen LogP) is 4.10. The van der Waals surface area contributed by atoms with Crippen molar-refractivity contribution in [3.05, 3.63) is 35.5 Å². The first-order valence-electron chi connectivity index (χ1n) is 8.09. The Morgan fingerprint density at radius 2 is 2.12 bits per heavy atom. The maximum absolute atomic E-state index is 11.0. The number of aromatic carboxylic acids is 1. The standard InChI is InChI=1S/C19H19NO4/c1-2-10-23-14-8-9-15(18-12-17(19(21)22)20-24-18)16(11-14)13-6-4-3-5-7-13/h1,8-9,11-13H,3-7,10H2,(H,21,22). The van der Waals surface area contributed by atoms with Crippen LogP contribution in [0.2, 0.25) is 0 Å². The van der Waals surface area contributed by atoms with Crippen molar-refractivity contribution in [3.8, 4) is 29.4 Å². The van der Waals surface area contributed by atoms with E-state index in [9.17, 15) is 4.79 Å². The van der Waals surface area contributed by atoms with Crippen LogP contribution in [-0.2, 0) is 0 Å². The van der Waals surface area contributed by atoms with Gasteiger partial charge in [0.2, 0.25) is 0 Å². The number of carboxylic acid groups (broad SMARTS) is 1. The summed E-state index contributed by atoms with van der Waals surface area (Å²) in [6, 6.07) is 7.17. The van der Waals surface area contributed by atoms with Crippen LogP contribution in [0.3, 0.4) is 0 Å². The molecule has 3 rings (SSSR count). The molecule has 0 spiro atoms. The molecule has 5 heteroatoms. The normalized spacial score (nSPS) is 15.0. The number of terminal acetylenes is 1. The molecule has 1 aromatic heterocycles. The van der Waals surface area contributed by atoms with Gasteiger partial charge >= 0.3 is 5.97 Å². The summed E-state index contributed by atoms with van der Waals surface area (Å²) >= 11 is 0. The lowest BCUT2D eigenvalue weighted by Gasteiger charge is -2.24. The van der Waals surface area contributed by atoms with Crippen LogP contribution in [0.25, 0.3) is 11.3 Å². The molecule has 1 aromatic carbocycles. The summed E-state index contributed by atoms with van der Waals surface area (Å²) in [5.41, 5.74) is 1.89. The predicted molar refractivity (Wildman–Crippen MR) is 89.1 cm³/mol. The van der Waals surface area contributed by atoms with Crippen molar-refractivity contribution in [2.75, 3.05) is 6.61 Å². The van der Waals surface area contributed by atoms with E-state index < -0.39 is 5.97 Å². The van der Waals surface area contributed by atoms with Gasteiger partial charge in [-0.25, -0.2) is 4.79 Å². The molecular weight excluding hydrogens is 306 g/mol. The summed E-state index contributed by atoms with van der Waals surface area (Å²) in [6.07, 6.45) is 11.1. The molecule has 0 bridgehead atoms. The smallest absolute Gasteiger partial charge is 0.358 e. The van der Waals surface area contributed by atoms with Crippen LogP contribution in [0, 0.1) is 12.3 Å². The van der Waals surface area contributed by atoms with Gasteiger partial charge in [-0.3, -0.25) is 0 Å². The summed E-state index contributed by atoms with van der Waals surface area (Å²) in [6.45, 7) is 0.217. The molecule has 0 unspecified atom stereocenters. The molecule has 0 saturated heterocycles. The minimum atomic E-state index is -1.10. The van der Waals surface area contributed by atoms with E-state index in [-0.39, 0.29) is 12.3 Å². The van der Waals surface area contributed by atoms with E-state index in [4.69, 9.17) is 20.8 Å². The van der Waals surface area contributed by atoms with Crippen LogP contribution >= 0.6 is 0 Å². The second-order valence-corrected chi connectivity index (χ2v) is 5.96. The third-order valence-electron chi connectivity index (χ3n) is 4.38. The average Bonchev–Trinajstić information content (AvgIpc) is 3.11. The van der Waals surface area contributed by atoms with Crippen LogP contribution in [0.5, 0.6) is 5.75 Å². The molecular formula is C19H19NO4. The van der Waals surface area contributed by atoms with Gasteiger partial charge in [0, 0.05) is 11.6 Å². The second kappa shape index (κ2) is 7.22. The Morgan fingerprint density at radius 3 is 2.79 bits per heavy atom. The maximum Gasteiger partial charge on any atom is 0.358 e. The van der Waals surface area contributed by atoms with Crippen LogP contribution < -0.4 is 4.74 Å². The van der Waals surface area contributed by atoms with Crippen molar-refractivity contribution < 1.29 is 19.2 Å². The van der Waals surface area contributed by atoms with E-state index in [1.54, 1.807) is 0 Å². The Kier molecular flexibility index (Phi) is 4.85. The number of nitrogens with zero attached hydrogens (tertiary/aromatic N) is 1. The summed E-state index contributed by atoms with van der Waals surface area (Å²) in [7, 11) is 0. The summed E-state index contributed by atoms with van der Waals surface area (Å²) < 4.78 is 10.8. The highest BCUT2D eigenvalue weighted by molar-refractivity contribution is 5.86. The van der Waals surface area contributed by atoms with Gasteiger partial charge in [0.15, 0.2) is 11.5 Å². The van der Waals surface area contributed by atoms with Gasteiger partial charge in [0.25, 0.3) is 0 Å². The molecule has 0 radical (unpaired) electrons. The van der Waals surface area contributed by atoms with E-state index in [1.807, 2.05) is 18.2 Å². The van der Waals surface area contributed by atoms with E-state index >= 15 is 0 Å². The Labute approximate surface area is 140 Å². The largest absolute Gasteiger partial charge is 0.481 e. The van der Waals surface area contributed by atoms with Crippen LogP contribution in [0.1, 0.15) is 54.1 Å². The van der Waals surface area contributed by atoms with E-state index in [2.05, 4.69) is 11.1 Å². The number of rotatable bonds is 5. The lowest BCUT2D eigenvalue weighted by molar-refractivity contribution is 0.0686. The Morgan fingerprint density at radius 1 is 1.33 bits per heavy atom. The number of carboxylic acids is 1. The van der Waals surface area contributed by atoms with Gasteiger partial charge in [-0.2, -0.15) is 0 Å². The average molecular weight is 325 g/mol. The molecule has 1 fully saturated rings. The fourth-order valence-electron chi connectivity index (χ4n) is 3.23.